The number of halogens is 3. The summed E-state index contributed by atoms with van der Waals surface area (Å²) >= 11 is 0. The Morgan fingerprint density at radius 1 is 0.774 bits per heavy atom. The summed E-state index contributed by atoms with van der Waals surface area (Å²) in [6.45, 7) is 13.7. The second-order valence-corrected chi connectivity index (χ2v) is 14.6. The Bertz CT molecular complexity index is 1940. The molecule has 0 aromatic carbocycles. The number of ether oxygens (including phenoxy) is 3. The Morgan fingerprint density at radius 3 is 1.47 bits per heavy atom. The molecule has 0 spiro atoms. The second-order valence-electron chi connectivity index (χ2n) is 14.6. The summed E-state index contributed by atoms with van der Waals surface area (Å²) in [4.78, 5) is 42.3. The Morgan fingerprint density at radius 2 is 1.15 bits per heavy atom. The number of carboxylic acids is 2. The van der Waals surface area contributed by atoms with Gasteiger partial charge in [0.1, 0.15) is 16.9 Å². The predicted molar refractivity (Wildman–Crippen MR) is 191 cm³/mol. The van der Waals surface area contributed by atoms with E-state index in [0.717, 1.165) is 28.1 Å². The molecule has 12 nitrogen and oxygen atoms in total. The fourth-order valence-electron chi connectivity index (χ4n) is 7.08. The minimum Gasteiger partial charge on any atom is -0.478 e. The van der Waals surface area contributed by atoms with Crippen LogP contribution in [0.2, 0.25) is 0 Å². The van der Waals surface area contributed by atoms with Gasteiger partial charge < -0.3 is 33.6 Å². The molecule has 0 bridgehead atoms. The van der Waals surface area contributed by atoms with E-state index in [0.29, 0.717) is 28.3 Å². The van der Waals surface area contributed by atoms with Gasteiger partial charge in [-0.05, 0) is 110 Å². The number of carbonyl (C=O) groups is 3. The summed E-state index contributed by atoms with van der Waals surface area (Å²) in [5, 5.41) is 18.2. The quantitative estimate of drug-likeness (QED) is 0.153. The van der Waals surface area contributed by atoms with Crippen LogP contribution in [0.1, 0.15) is 104 Å². The van der Waals surface area contributed by atoms with Crippen LogP contribution in [0.25, 0.3) is 22.1 Å². The Labute approximate surface area is 306 Å². The van der Waals surface area contributed by atoms with Crippen molar-refractivity contribution in [2.45, 2.75) is 110 Å². The molecule has 4 heterocycles. The van der Waals surface area contributed by atoms with Gasteiger partial charge in [-0.2, -0.15) is 13.2 Å². The van der Waals surface area contributed by atoms with Crippen molar-refractivity contribution < 1.29 is 52.0 Å². The van der Waals surface area contributed by atoms with Gasteiger partial charge in [0.15, 0.2) is 0 Å². The van der Waals surface area contributed by atoms with Crippen LogP contribution in [0.15, 0.2) is 36.7 Å². The van der Waals surface area contributed by atoms with Crippen molar-refractivity contribution in [1.82, 2.24) is 19.1 Å². The van der Waals surface area contributed by atoms with Crippen molar-refractivity contribution in [3.8, 4) is 0 Å². The first-order valence-corrected chi connectivity index (χ1v) is 17.5. The second kappa shape index (κ2) is 16.3. The smallest absolute Gasteiger partial charge is 0.478 e. The number of methoxy groups -OCH3 is 2. The minimum absolute atomic E-state index is 0.0630. The standard InChI is InChI=1S/C20H28N2O3.C16H20N2O3.C2HF3O2/c1-12-16(19(23)25-20(3,4)5)15-8-7-11-21-18(15)22(12)13(2)17(24-6)14-9-10-14;1-9-13(16(19)20)12-5-4-8-17-15(12)18(9)10(2)14(21-3)11-6-7-11;3-2(4,5)1(6)7/h7-8,11,13-14,17H,9-10H2,1-6H3;4-5,8,10-11,14H,6-7H2,1-3H3,(H,19,20);(H,6,7). The lowest BCUT2D eigenvalue weighted by atomic mass is 10.1. The molecule has 0 radical (unpaired) electrons. The molecule has 4 unspecified atom stereocenters. The summed E-state index contributed by atoms with van der Waals surface area (Å²) in [6, 6.07) is 7.56. The van der Waals surface area contributed by atoms with E-state index in [1.165, 1.54) is 25.7 Å². The van der Waals surface area contributed by atoms with Gasteiger partial charge in [0.05, 0.1) is 35.4 Å². The summed E-state index contributed by atoms with van der Waals surface area (Å²) in [5.74, 6) is -2.80. The van der Waals surface area contributed by atoms with E-state index < -0.39 is 23.7 Å². The topological polar surface area (TPSA) is 155 Å². The summed E-state index contributed by atoms with van der Waals surface area (Å²) in [5.41, 5.74) is 3.59. The molecule has 290 valence electrons. The van der Waals surface area contributed by atoms with Crippen molar-refractivity contribution >= 4 is 40.0 Å². The third kappa shape index (κ3) is 9.36. The van der Waals surface area contributed by atoms with Crippen molar-refractivity contribution in [2.75, 3.05) is 14.2 Å². The Kier molecular flexibility index (Phi) is 12.7. The fourth-order valence-corrected chi connectivity index (χ4v) is 7.08. The van der Waals surface area contributed by atoms with E-state index in [9.17, 15) is 27.9 Å². The van der Waals surface area contributed by atoms with Gasteiger partial charge >= 0.3 is 24.1 Å². The third-order valence-electron chi connectivity index (χ3n) is 9.56. The molecular weight excluding hydrogens is 697 g/mol. The lowest BCUT2D eigenvalue weighted by Gasteiger charge is -2.26. The normalized spacial score (nSPS) is 16.8. The molecule has 0 amide bonds. The van der Waals surface area contributed by atoms with Crippen molar-refractivity contribution in [1.29, 1.82) is 0 Å². The number of alkyl halides is 3. The van der Waals surface area contributed by atoms with Crippen LogP contribution < -0.4 is 0 Å². The highest BCUT2D eigenvalue weighted by molar-refractivity contribution is 6.05. The molecule has 4 aromatic rings. The van der Waals surface area contributed by atoms with E-state index in [4.69, 9.17) is 24.1 Å². The van der Waals surface area contributed by atoms with Crippen LogP contribution in [0.3, 0.4) is 0 Å². The maximum Gasteiger partial charge on any atom is 0.490 e. The minimum atomic E-state index is -5.08. The third-order valence-corrected chi connectivity index (χ3v) is 9.56. The number of hydrogen-bond acceptors (Lipinski definition) is 8. The first-order chi connectivity index (χ1) is 24.7. The van der Waals surface area contributed by atoms with Crippen LogP contribution in [-0.4, -0.2) is 85.4 Å². The number of aliphatic carboxylic acids is 1. The Hall–Kier alpha value is -4.50. The average molecular weight is 747 g/mol. The number of rotatable bonds is 10. The maximum atomic E-state index is 12.8. The average Bonchev–Trinajstić information content (AvgIpc) is 4.00. The Balaban J connectivity index is 0.000000203. The zero-order valence-electron chi connectivity index (χ0n) is 31.5. The lowest BCUT2D eigenvalue weighted by molar-refractivity contribution is -0.192. The van der Waals surface area contributed by atoms with Crippen LogP contribution in [0.4, 0.5) is 13.2 Å². The molecule has 2 saturated carbocycles. The summed E-state index contributed by atoms with van der Waals surface area (Å²) < 4.78 is 53.0. The van der Waals surface area contributed by atoms with E-state index in [1.807, 2.05) is 57.4 Å². The van der Waals surface area contributed by atoms with E-state index in [2.05, 4.69) is 28.4 Å². The first kappa shape index (κ1) is 41.3. The van der Waals surface area contributed by atoms with Gasteiger partial charge in [-0.15, -0.1) is 0 Å². The first-order valence-electron chi connectivity index (χ1n) is 17.5. The number of aromatic nitrogens is 4. The number of esters is 1. The zero-order valence-corrected chi connectivity index (χ0v) is 31.5. The highest BCUT2D eigenvalue weighted by Crippen LogP contribution is 2.42. The number of carboxylic acid groups (broad SMARTS) is 2. The fraction of sp³-hybridized carbons (Fsp3) is 0.553. The van der Waals surface area contributed by atoms with Crippen LogP contribution >= 0.6 is 0 Å². The largest absolute Gasteiger partial charge is 0.490 e. The van der Waals surface area contributed by atoms with Crippen LogP contribution in [0.5, 0.6) is 0 Å². The SMILES string of the molecule is COC(C1CC1)C(C)n1c(C)c(C(=O)O)c2cccnc21.COC(C1CC1)C(C)n1c(C)c(C(=O)OC(C)(C)C)c2cccnc21.O=C(O)C(F)(F)F. The highest BCUT2D eigenvalue weighted by atomic mass is 19.4. The number of aromatic carboxylic acids is 1. The highest BCUT2D eigenvalue weighted by Gasteiger charge is 2.40. The van der Waals surface area contributed by atoms with Crippen molar-refractivity contribution in [3.63, 3.8) is 0 Å². The molecule has 0 saturated heterocycles. The molecule has 2 aliphatic rings. The van der Waals surface area contributed by atoms with E-state index in [-0.39, 0.29) is 30.3 Å². The molecule has 6 rings (SSSR count). The number of nitrogens with zero attached hydrogens (tertiary/aromatic N) is 4. The molecule has 4 atom stereocenters. The maximum absolute atomic E-state index is 12.8. The van der Waals surface area contributed by atoms with Gasteiger partial charge in [0, 0.05) is 48.8 Å². The molecule has 2 N–H and O–H groups in total. The van der Waals surface area contributed by atoms with Crippen LogP contribution in [-0.2, 0) is 19.0 Å². The molecule has 4 aromatic heterocycles. The number of carbonyl (C=O) groups excluding carboxylic acids is 1. The van der Waals surface area contributed by atoms with Crippen LogP contribution in [0, 0.1) is 25.7 Å². The van der Waals surface area contributed by atoms with Gasteiger partial charge in [-0.25, -0.2) is 24.4 Å². The molecule has 53 heavy (non-hydrogen) atoms. The zero-order chi connectivity index (χ0) is 39.6. The van der Waals surface area contributed by atoms with Crippen molar-refractivity contribution in [3.05, 3.63) is 59.2 Å². The molecule has 2 fully saturated rings. The van der Waals surface area contributed by atoms with Gasteiger partial charge in [0.2, 0.25) is 0 Å². The summed E-state index contributed by atoms with van der Waals surface area (Å²) in [6.07, 6.45) is 3.38. The van der Waals surface area contributed by atoms with E-state index >= 15 is 0 Å². The summed E-state index contributed by atoms with van der Waals surface area (Å²) in [7, 11) is 3.49. The van der Waals surface area contributed by atoms with E-state index in [1.54, 1.807) is 32.7 Å². The van der Waals surface area contributed by atoms with Gasteiger partial charge in [-0.3, -0.25) is 0 Å². The number of hydrogen-bond donors (Lipinski definition) is 2. The number of pyridine rings is 2. The van der Waals surface area contributed by atoms with Crippen molar-refractivity contribution in [2.24, 2.45) is 11.8 Å². The van der Waals surface area contributed by atoms with Gasteiger partial charge in [-0.1, -0.05) is 0 Å². The molecule has 15 heteroatoms. The monoisotopic (exact) mass is 746 g/mol. The molecular formula is C38H49F3N4O8. The molecule has 2 aliphatic carbocycles. The molecule has 0 aliphatic heterocycles. The lowest BCUT2D eigenvalue weighted by Crippen LogP contribution is -2.27. The number of fused-ring (bicyclic) bond motifs is 2. The van der Waals surface area contributed by atoms with Gasteiger partial charge in [0.25, 0.3) is 0 Å². The predicted octanol–water partition coefficient (Wildman–Crippen LogP) is 7.95.